The van der Waals surface area contributed by atoms with Crippen LogP contribution in [-0.4, -0.2) is 17.6 Å². The maximum Gasteiger partial charge on any atom is 0.387 e. The highest BCUT2D eigenvalue weighted by Crippen LogP contribution is 2.29. The van der Waals surface area contributed by atoms with E-state index in [1.807, 2.05) is 0 Å². The number of thiocarbonyl (C=S) groups is 1. The molecule has 0 saturated heterocycles. The van der Waals surface area contributed by atoms with Gasteiger partial charge < -0.3 is 20.7 Å². The number of anilines is 1. The van der Waals surface area contributed by atoms with Crippen LogP contribution < -0.4 is 20.7 Å². The van der Waals surface area contributed by atoms with Gasteiger partial charge >= 0.3 is 6.61 Å². The maximum absolute atomic E-state index is 13.1. The molecule has 146 valence electrons. The molecule has 2 aromatic carbocycles. The Morgan fingerprint density at radius 2 is 1.79 bits per heavy atom. The maximum atomic E-state index is 13.1. The van der Waals surface area contributed by atoms with Gasteiger partial charge in [-0.25, -0.2) is 4.39 Å². The number of amides is 1. The van der Waals surface area contributed by atoms with Crippen LogP contribution in [0.4, 0.5) is 18.9 Å². The molecule has 0 aliphatic carbocycles. The highest BCUT2D eigenvalue weighted by molar-refractivity contribution is 7.80. The van der Waals surface area contributed by atoms with Gasteiger partial charge in [-0.05, 0) is 61.1 Å². The summed E-state index contributed by atoms with van der Waals surface area (Å²) in [4.78, 5) is 12.9. The third kappa shape index (κ3) is 4.61. The fraction of sp³-hybridized carbons (Fsp3) is 0.158. The number of ether oxygens (including phenoxy) is 1. The van der Waals surface area contributed by atoms with E-state index in [0.29, 0.717) is 27.6 Å². The molecule has 1 aliphatic rings. The zero-order chi connectivity index (χ0) is 20.3. The topological polar surface area (TPSA) is 62.4 Å². The molecular formula is C19H16F3N3O2S. The van der Waals surface area contributed by atoms with Gasteiger partial charge in [0.1, 0.15) is 11.6 Å². The van der Waals surface area contributed by atoms with E-state index in [0.717, 1.165) is 0 Å². The van der Waals surface area contributed by atoms with Crippen LogP contribution in [0, 0.1) is 5.82 Å². The van der Waals surface area contributed by atoms with Crippen LogP contribution in [0.15, 0.2) is 59.8 Å². The van der Waals surface area contributed by atoms with E-state index in [-0.39, 0.29) is 5.75 Å². The minimum absolute atomic E-state index is 0.00766. The van der Waals surface area contributed by atoms with Crippen LogP contribution >= 0.6 is 12.2 Å². The van der Waals surface area contributed by atoms with Gasteiger partial charge in [-0.2, -0.15) is 8.78 Å². The van der Waals surface area contributed by atoms with Crippen LogP contribution in [0.25, 0.3) is 0 Å². The molecule has 0 saturated carbocycles. The zero-order valence-corrected chi connectivity index (χ0v) is 15.4. The third-order valence-corrected chi connectivity index (χ3v) is 4.27. The predicted octanol–water partition coefficient (Wildman–Crippen LogP) is 3.86. The minimum atomic E-state index is -2.92. The number of allylic oxidation sites excluding steroid dienone is 1. The van der Waals surface area contributed by atoms with Crippen LogP contribution in [0.1, 0.15) is 18.5 Å². The molecule has 28 heavy (non-hydrogen) atoms. The third-order valence-electron chi connectivity index (χ3n) is 4.05. The van der Waals surface area contributed by atoms with Gasteiger partial charge in [0.15, 0.2) is 5.11 Å². The van der Waals surface area contributed by atoms with Gasteiger partial charge in [0.05, 0.1) is 11.6 Å². The molecule has 2 aromatic rings. The van der Waals surface area contributed by atoms with E-state index in [2.05, 4.69) is 20.7 Å². The smallest absolute Gasteiger partial charge is 0.387 e. The molecule has 1 heterocycles. The Labute approximate surface area is 164 Å². The Morgan fingerprint density at radius 3 is 2.39 bits per heavy atom. The first-order valence-corrected chi connectivity index (χ1v) is 8.64. The van der Waals surface area contributed by atoms with Crippen molar-refractivity contribution in [2.24, 2.45) is 0 Å². The number of nitrogens with one attached hydrogen (secondary N) is 3. The zero-order valence-electron chi connectivity index (χ0n) is 14.6. The van der Waals surface area contributed by atoms with Crippen molar-refractivity contribution in [3.05, 3.63) is 71.2 Å². The number of halogens is 3. The van der Waals surface area contributed by atoms with Gasteiger partial charge in [0.25, 0.3) is 5.91 Å². The Bertz CT molecular complexity index is 915. The lowest BCUT2D eigenvalue weighted by atomic mass is 9.95. The quantitative estimate of drug-likeness (QED) is 0.657. The average molecular weight is 407 g/mol. The van der Waals surface area contributed by atoms with Crippen molar-refractivity contribution in [1.29, 1.82) is 0 Å². The molecule has 1 aliphatic heterocycles. The lowest BCUT2D eigenvalue weighted by Gasteiger charge is -2.30. The number of carbonyl (C=O) groups is 1. The monoisotopic (exact) mass is 407 g/mol. The van der Waals surface area contributed by atoms with Crippen molar-refractivity contribution in [2.45, 2.75) is 19.6 Å². The van der Waals surface area contributed by atoms with Crippen molar-refractivity contribution in [1.82, 2.24) is 10.6 Å². The lowest BCUT2D eigenvalue weighted by Crippen LogP contribution is -2.45. The van der Waals surface area contributed by atoms with E-state index < -0.39 is 24.4 Å². The summed E-state index contributed by atoms with van der Waals surface area (Å²) in [5.74, 6) is -0.818. The summed E-state index contributed by atoms with van der Waals surface area (Å²) in [7, 11) is 0. The lowest BCUT2D eigenvalue weighted by molar-refractivity contribution is -0.113. The number of benzene rings is 2. The van der Waals surface area contributed by atoms with Crippen molar-refractivity contribution >= 4 is 28.9 Å². The van der Waals surface area contributed by atoms with Gasteiger partial charge in [-0.1, -0.05) is 12.1 Å². The van der Waals surface area contributed by atoms with Crippen molar-refractivity contribution in [2.75, 3.05) is 5.32 Å². The fourth-order valence-corrected chi connectivity index (χ4v) is 3.09. The van der Waals surface area contributed by atoms with Gasteiger partial charge in [-0.15, -0.1) is 0 Å². The Balaban J connectivity index is 1.87. The summed E-state index contributed by atoms with van der Waals surface area (Å²) in [6, 6.07) is 10.7. The molecule has 0 fully saturated rings. The number of carbonyl (C=O) groups excluding carboxylic acids is 1. The standard InChI is InChI=1S/C19H16F3N3O2S/c1-10-15(17(26)24-13-6-4-12(20)5-7-13)16(25-19(28)23-10)11-2-8-14(9-3-11)27-18(21)22/h2-9,16,18H,1H3,(H,24,26)(H2,23,25,28)/t16-/m1/s1. The van der Waals surface area contributed by atoms with E-state index in [1.54, 1.807) is 19.1 Å². The molecule has 5 nitrogen and oxygen atoms in total. The first kappa shape index (κ1) is 19.7. The van der Waals surface area contributed by atoms with Crippen molar-refractivity contribution < 1.29 is 22.7 Å². The second kappa shape index (κ2) is 8.30. The fourth-order valence-electron chi connectivity index (χ4n) is 2.82. The molecule has 3 rings (SSSR count). The molecule has 0 radical (unpaired) electrons. The highest BCUT2D eigenvalue weighted by Gasteiger charge is 2.30. The largest absolute Gasteiger partial charge is 0.435 e. The van der Waals surface area contributed by atoms with Gasteiger partial charge in [0, 0.05) is 11.4 Å². The molecule has 1 atom stereocenters. The summed E-state index contributed by atoms with van der Waals surface area (Å²) in [5, 5.41) is 8.94. The van der Waals surface area contributed by atoms with E-state index in [4.69, 9.17) is 12.2 Å². The van der Waals surface area contributed by atoms with Crippen LogP contribution in [-0.2, 0) is 4.79 Å². The second-order valence-corrected chi connectivity index (χ2v) is 6.39. The molecule has 1 amide bonds. The van der Waals surface area contributed by atoms with Crippen molar-refractivity contribution in [3.63, 3.8) is 0 Å². The molecule has 3 N–H and O–H groups in total. The highest BCUT2D eigenvalue weighted by atomic mass is 32.1. The molecule has 9 heteroatoms. The number of rotatable bonds is 5. The summed E-state index contributed by atoms with van der Waals surface area (Å²) >= 11 is 5.17. The molecule has 0 bridgehead atoms. The molecule has 0 unspecified atom stereocenters. The Morgan fingerprint density at radius 1 is 1.14 bits per heavy atom. The van der Waals surface area contributed by atoms with E-state index in [9.17, 15) is 18.0 Å². The van der Waals surface area contributed by atoms with Gasteiger partial charge in [-0.3, -0.25) is 4.79 Å². The second-order valence-electron chi connectivity index (χ2n) is 5.98. The number of hydrogen-bond donors (Lipinski definition) is 3. The van der Waals surface area contributed by atoms with Crippen LogP contribution in [0.3, 0.4) is 0 Å². The van der Waals surface area contributed by atoms with Crippen LogP contribution in [0.5, 0.6) is 5.75 Å². The van der Waals surface area contributed by atoms with Crippen LogP contribution in [0.2, 0.25) is 0 Å². The van der Waals surface area contributed by atoms with E-state index in [1.165, 1.54) is 36.4 Å². The Hall–Kier alpha value is -3.07. The SMILES string of the molecule is CC1=C(C(=O)Nc2ccc(F)cc2)[C@@H](c2ccc(OC(F)F)cc2)NC(=S)N1. The first-order chi connectivity index (χ1) is 13.3. The normalized spacial score (nSPS) is 16.5. The summed E-state index contributed by atoms with van der Waals surface area (Å²) in [5.41, 5.74) is 1.97. The summed E-state index contributed by atoms with van der Waals surface area (Å²) in [6.45, 7) is -1.22. The summed E-state index contributed by atoms with van der Waals surface area (Å²) in [6.07, 6.45) is 0. The number of hydrogen-bond acceptors (Lipinski definition) is 3. The Kier molecular flexibility index (Phi) is 5.84. The number of alkyl halides is 2. The van der Waals surface area contributed by atoms with E-state index >= 15 is 0 Å². The molecular weight excluding hydrogens is 391 g/mol. The summed E-state index contributed by atoms with van der Waals surface area (Å²) < 4.78 is 42.1. The molecule has 0 spiro atoms. The minimum Gasteiger partial charge on any atom is -0.435 e. The predicted molar refractivity (Wildman–Crippen MR) is 102 cm³/mol. The van der Waals surface area contributed by atoms with Gasteiger partial charge in [0.2, 0.25) is 0 Å². The first-order valence-electron chi connectivity index (χ1n) is 8.23. The average Bonchev–Trinajstić information content (AvgIpc) is 2.63. The van der Waals surface area contributed by atoms with Crippen molar-refractivity contribution in [3.8, 4) is 5.75 Å². The molecule has 0 aromatic heterocycles.